The minimum absolute atomic E-state index is 0.0760. The first-order chi connectivity index (χ1) is 13.1. The van der Waals surface area contributed by atoms with Crippen molar-refractivity contribution < 1.29 is 14.6 Å². The fourth-order valence-electron chi connectivity index (χ4n) is 3.66. The second-order valence-corrected chi connectivity index (χ2v) is 7.54. The first kappa shape index (κ1) is 20.2. The number of nitrogens with zero attached hydrogens (tertiary/aromatic N) is 1. The van der Waals surface area contributed by atoms with Gasteiger partial charge >= 0.3 is 0 Å². The third kappa shape index (κ3) is 5.45. The normalized spacial score (nSPS) is 19.8. The van der Waals surface area contributed by atoms with Gasteiger partial charge < -0.3 is 14.6 Å². The van der Waals surface area contributed by atoms with Gasteiger partial charge in [0.05, 0.1) is 25.9 Å². The summed E-state index contributed by atoms with van der Waals surface area (Å²) in [5.74, 6) is 0.868. The molecule has 0 spiro atoms. The first-order valence-electron chi connectivity index (χ1n) is 9.50. The van der Waals surface area contributed by atoms with Gasteiger partial charge in [0.25, 0.3) is 0 Å². The molecule has 0 aliphatic carbocycles. The molecule has 0 aromatic heterocycles. The highest BCUT2D eigenvalue weighted by Gasteiger charge is 2.27. The molecule has 0 radical (unpaired) electrons. The van der Waals surface area contributed by atoms with Crippen molar-refractivity contribution in [3.05, 3.63) is 64.7 Å². The molecule has 0 amide bonds. The Hall–Kier alpha value is -1.59. The Kier molecular flexibility index (Phi) is 7.13. The summed E-state index contributed by atoms with van der Waals surface area (Å²) in [6.45, 7) is 3.92. The van der Waals surface area contributed by atoms with E-state index in [1.165, 1.54) is 5.56 Å². The highest BCUT2D eigenvalue weighted by atomic mass is 35.5. The maximum Gasteiger partial charge on any atom is 0.118 e. The fourth-order valence-corrected chi connectivity index (χ4v) is 3.78. The van der Waals surface area contributed by atoms with Gasteiger partial charge in [0, 0.05) is 17.6 Å². The molecule has 1 heterocycles. The fraction of sp³-hybridized carbons (Fsp3) is 0.455. The van der Waals surface area contributed by atoms with E-state index in [1.807, 2.05) is 43.3 Å². The van der Waals surface area contributed by atoms with Crippen molar-refractivity contribution in [3.63, 3.8) is 0 Å². The van der Waals surface area contributed by atoms with Crippen molar-refractivity contribution in [2.45, 2.75) is 38.0 Å². The molecule has 1 aliphatic rings. The molecule has 1 aliphatic heterocycles. The highest BCUT2D eigenvalue weighted by molar-refractivity contribution is 6.30. The topological polar surface area (TPSA) is 41.9 Å². The van der Waals surface area contributed by atoms with E-state index < -0.39 is 6.10 Å². The lowest BCUT2D eigenvalue weighted by molar-refractivity contribution is -0.0172. The number of aliphatic hydroxyl groups excluding tert-OH is 1. The molecule has 2 aromatic rings. The lowest BCUT2D eigenvalue weighted by Crippen LogP contribution is -2.34. The van der Waals surface area contributed by atoms with Crippen LogP contribution >= 0.6 is 11.6 Å². The van der Waals surface area contributed by atoms with Crippen LogP contribution in [0.4, 0.5) is 0 Å². The van der Waals surface area contributed by atoms with Gasteiger partial charge in [-0.2, -0.15) is 0 Å². The molecule has 3 rings (SSSR count). The summed E-state index contributed by atoms with van der Waals surface area (Å²) in [5.41, 5.74) is 2.33. The van der Waals surface area contributed by atoms with Crippen LogP contribution in [0, 0.1) is 0 Å². The van der Waals surface area contributed by atoms with Gasteiger partial charge in [0.15, 0.2) is 0 Å². The summed E-state index contributed by atoms with van der Waals surface area (Å²) in [5, 5.41) is 11.2. The summed E-state index contributed by atoms with van der Waals surface area (Å²) >= 11 is 5.93. The predicted octanol–water partition coefficient (Wildman–Crippen LogP) is 4.62. The predicted molar refractivity (Wildman–Crippen MR) is 108 cm³/mol. The van der Waals surface area contributed by atoms with E-state index in [-0.39, 0.29) is 6.10 Å². The van der Waals surface area contributed by atoms with Crippen LogP contribution in [0.25, 0.3) is 0 Å². The number of hydrogen-bond donors (Lipinski definition) is 1. The number of benzene rings is 2. The molecule has 1 saturated heterocycles. The molecule has 1 fully saturated rings. The maximum absolute atomic E-state index is 10.5. The minimum Gasteiger partial charge on any atom is -0.497 e. The lowest BCUT2D eigenvalue weighted by Gasteiger charge is -2.27. The van der Waals surface area contributed by atoms with Crippen molar-refractivity contribution in [1.82, 2.24) is 4.90 Å². The first-order valence-corrected chi connectivity index (χ1v) is 9.87. The Bertz CT molecular complexity index is 705. The molecule has 2 aromatic carbocycles. The Balaban J connectivity index is 1.51. The van der Waals surface area contributed by atoms with Crippen LogP contribution in [0.15, 0.2) is 48.5 Å². The molecule has 0 unspecified atom stereocenters. The average Bonchev–Trinajstić information content (AvgIpc) is 3.14. The van der Waals surface area contributed by atoms with E-state index in [0.29, 0.717) is 24.2 Å². The Morgan fingerprint density at radius 1 is 1.15 bits per heavy atom. The number of methoxy groups -OCH3 is 1. The summed E-state index contributed by atoms with van der Waals surface area (Å²) in [6, 6.07) is 16.2. The molecule has 4 nitrogen and oxygen atoms in total. The number of hydrogen-bond acceptors (Lipinski definition) is 4. The van der Waals surface area contributed by atoms with Crippen molar-refractivity contribution in [2.24, 2.45) is 0 Å². The highest BCUT2D eigenvalue weighted by Crippen LogP contribution is 2.32. The van der Waals surface area contributed by atoms with Crippen LogP contribution in [-0.2, 0) is 4.74 Å². The van der Waals surface area contributed by atoms with Gasteiger partial charge in [0.1, 0.15) is 5.75 Å². The van der Waals surface area contributed by atoms with Crippen molar-refractivity contribution in [2.75, 3.05) is 26.8 Å². The van der Waals surface area contributed by atoms with E-state index in [4.69, 9.17) is 21.1 Å². The van der Waals surface area contributed by atoms with Crippen LogP contribution in [-0.4, -0.2) is 42.9 Å². The molecule has 0 saturated carbocycles. The lowest BCUT2D eigenvalue weighted by atomic mass is 10.0. The number of likely N-dealkylation sites (tertiary alicyclic amines) is 1. The van der Waals surface area contributed by atoms with Gasteiger partial charge in [-0.25, -0.2) is 0 Å². The van der Waals surface area contributed by atoms with E-state index in [2.05, 4.69) is 17.0 Å². The Morgan fingerprint density at radius 3 is 2.52 bits per heavy atom. The molecular weight excluding hydrogens is 362 g/mol. The average molecular weight is 390 g/mol. The van der Waals surface area contributed by atoms with E-state index >= 15 is 0 Å². The van der Waals surface area contributed by atoms with Crippen molar-refractivity contribution >= 4 is 11.6 Å². The molecule has 27 heavy (non-hydrogen) atoms. The largest absolute Gasteiger partial charge is 0.497 e. The zero-order valence-corrected chi connectivity index (χ0v) is 16.7. The summed E-state index contributed by atoms with van der Waals surface area (Å²) in [6.07, 6.45) is 1.67. The summed E-state index contributed by atoms with van der Waals surface area (Å²) in [4.78, 5) is 2.35. The Morgan fingerprint density at radius 2 is 1.85 bits per heavy atom. The van der Waals surface area contributed by atoms with Gasteiger partial charge in [-0.05, 0) is 61.7 Å². The third-order valence-electron chi connectivity index (χ3n) is 5.19. The van der Waals surface area contributed by atoms with Gasteiger partial charge in [-0.3, -0.25) is 4.90 Å². The number of halogens is 1. The van der Waals surface area contributed by atoms with E-state index in [1.54, 1.807) is 7.11 Å². The van der Waals surface area contributed by atoms with Crippen LogP contribution in [0.3, 0.4) is 0 Å². The standard InChI is InChI=1S/C22H28ClNO3/c1-16(17-5-9-19(23)10-6-17)27-15-20(25)14-24-13-3-4-22(24)18-7-11-21(26-2)12-8-18/h5-12,16,20,22,25H,3-4,13-15H2,1-2H3/t16-,20+,22-/m0/s1. The molecular formula is C22H28ClNO3. The van der Waals surface area contributed by atoms with Gasteiger partial charge in [-0.15, -0.1) is 0 Å². The molecule has 3 atom stereocenters. The molecule has 5 heteroatoms. The number of aliphatic hydroxyl groups is 1. The van der Waals surface area contributed by atoms with Crippen molar-refractivity contribution in [3.8, 4) is 5.75 Å². The number of rotatable bonds is 8. The zero-order valence-electron chi connectivity index (χ0n) is 16.0. The van der Waals surface area contributed by atoms with E-state index in [0.717, 1.165) is 30.7 Å². The van der Waals surface area contributed by atoms with Crippen LogP contribution in [0.1, 0.15) is 43.0 Å². The molecule has 0 bridgehead atoms. The molecule has 146 valence electrons. The number of β-amino-alcohol motifs (C(OH)–C–C–N with tert-alkyl or cyclic N) is 1. The number of ether oxygens (including phenoxy) is 2. The molecule has 1 N–H and O–H groups in total. The van der Waals surface area contributed by atoms with Gasteiger partial charge in [0.2, 0.25) is 0 Å². The quantitative estimate of drug-likeness (QED) is 0.715. The zero-order chi connectivity index (χ0) is 19.2. The second-order valence-electron chi connectivity index (χ2n) is 7.11. The Labute approximate surface area is 166 Å². The summed E-state index contributed by atoms with van der Waals surface area (Å²) < 4.78 is 11.1. The SMILES string of the molecule is COc1ccc([C@@H]2CCCN2C[C@@H](O)CO[C@@H](C)c2ccc(Cl)cc2)cc1. The van der Waals surface area contributed by atoms with Gasteiger partial charge in [-0.1, -0.05) is 35.9 Å². The third-order valence-corrected chi connectivity index (χ3v) is 5.44. The van der Waals surface area contributed by atoms with Crippen LogP contribution < -0.4 is 4.74 Å². The maximum atomic E-state index is 10.5. The minimum atomic E-state index is -0.515. The van der Waals surface area contributed by atoms with Crippen LogP contribution in [0.5, 0.6) is 5.75 Å². The van der Waals surface area contributed by atoms with Crippen LogP contribution in [0.2, 0.25) is 5.02 Å². The van der Waals surface area contributed by atoms with Crippen molar-refractivity contribution in [1.29, 1.82) is 0 Å². The van der Waals surface area contributed by atoms with E-state index in [9.17, 15) is 5.11 Å². The monoisotopic (exact) mass is 389 g/mol. The summed E-state index contributed by atoms with van der Waals surface area (Å²) in [7, 11) is 1.68. The smallest absolute Gasteiger partial charge is 0.118 e. The second kappa shape index (κ2) is 9.56.